The quantitative estimate of drug-likeness (QED) is 0.511. The van der Waals surface area contributed by atoms with Crippen molar-refractivity contribution in [1.82, 2.24) is 5.32 Å². The third-order valence-electron chi connectivity index (χ3n) is 0.917. The van der Waals surface area contributed by atoms with Gasteiger partial charge in [0.2, 0.25) is 0 Å². The molecule has 10 heavy (non-hydrogen) atoms. The maximum atomic E-state index is 3.20. The lowest BCUT2D eigenvalue weighted by Crippen LogP contribution is -2.17. The van der Waals surface area contributed by atoms with E-state index in [0.717, 1.165) is 13.1 Å². The molecule has 1 heterocycles. The van der Waals surface area contributed by atoms with E-state index in [1.807, 2.05) is 13.8 Å². The van der Waals surface area contributed by atoms with E-state index >= 15 is 0 Å². The van der Waals surface area contributed by atoms with Crippen molar-refractivity contribution in [3.8, 4) is 0 Å². The standard InChI is InChI=1S/C5H9N.C2H6.C2H4/c1-2-4-6-5-3-1;2*1-2/h1-2,6H,3-5H2;1-2H3;1-2H2. The van der Waals surface area contributed by atoms with E-state index in [4.69, 9.17) is 0 Å². The summed E-state index contributed by atoms with van der Waals surface area (Å²) >= 11 is 0. The van der Waals surface area contributed by atoms with Gasteiger partial charge in [-0.3, -0.25) is 0 Å². The summed E-state index contributed by atoms with van der Waals surface area (Å²) in [6.07, 6.45) is 5.57. The number of nitrogens with one attached hydrogen (secondary N) is 1. The minimum atomic E-state index is 1.07. The Morgan fingerprint density at radius 2 is 1.80 bits per heavy atom. The highest BCUT2D eigenvalue weighted by Crippen LogP contribution is 1.84. The summed E-state index contributed by atoms with van der Waals surface area (Å²) in [6.45, 7) is 12.2. The second-order valence-electron chi connectivity index (χ2n) is 1.46. The number of hydrogen-bond donors (Lipinski definition) is 1. The van der Waals surface area contributed by atoms with Crippen LogP contribution in [0.2, 0.25) is 0 Å². The fourth-order valence-electron chi connectivity index (χ4n) is 0.572. The summed E-state index contributed by atoms with van der Waals surface area (Å²) < 4.78 is 0. The lowest BCUT2D eigenvalue weighted by molar-refractivity contribution is 0.728. The highest BCUT2D eigenvalue weighted by atomic mass is 14.8. The van der Waals surface area contributed by atoms with E-state index in [1.165, 1.54) is 6.42 Å². The lowest BCUT2D eigenvalue weighted by atomic mass is 10.3. The van der Waals surface area contributed by atoms with Gasteiger partial charge in [-0.2, -0.15) is 0 Å². The van der Waals surface area contributed by atoms with Gasteiger partial charge < -0.3 is 5.32 Å². The van der Waals surface area contributed by atoms with Gasteiger partial charge >= 0.3 is 0 Å². The Balaban J connectivity index is 0. The molecule has 0 aromatic rings. The third kappa shape index (κ3) is 10.4. The van der Waals surface area contributed by atoms with Crippen molar-refractivity contribution in [3.63, 3.8) is 0 Å². The Kier molecular flexibility index (Phi) is 19.2. The highest BCUT2D eigenvalue weighted by Gasteiger charge is 1.84. The smallest absolute Gasteiger partial charge is 0.0135 e. The van der Waals surface area contributed by atoms with Gasteiger partial charge in [0, 0.05) is 6.54 Å². The van der Waals surface area contributed by atoms with Gasteiger partial charge in [0.1, 0.15) is 0 Å². The van der Waals surface area contributed by atoms with Crippen LogP contribution in [0.15, 0.2) is 25.3 Å². The molecule has 0 bridgehead atoms. The van der Waals surface area contributed by atoms with Crippen LogP contribution < -0.4 is 5.32 Å². The fourth-order valence-corrected chi connectivity index (χ4v) is 0.572. The van der Waals surface area contributed by atoms with Gasteiger partial charge in [-0.1, -0.05) is 26.0 Å². The number of hydrogen-bond acceptors (Lipinski definition) is 1. The fraction of sp³-hybridized carbons (Fsp3) is 0.556. The van der Waals surface area contributed by atoms with Gasteiger partial charge in [0.25, 0.3) is 0 Å². The Labute approximate surface area is 64.8 Å². The van der Waals surface area contributed by atoms with E-state index in [1.54, 1.807) is 0 Å². The first-order valence-electron chi connectivity index (χ1n) is 3.86. The first-order chi connectivity index (χ1) is 5.00. The first-order valence-corrected chi connectivity index (χ1v) is 3.86. The predicted octanol–water partition coefficient (Wildman–Crippen LogP) is 2.36. The van der Waals surface area contributed by atoms with Crippen LogP contribution >= 0.6 is 0 Å². The van der Waals surface area contributed by atoms with Crippen LogP contribution in [0, 0.1) is 0 Å². The molecule has 1 aliphatic rings. The van der Waals surface area contributed by atoms with Gasteiger partial charge in [-0.15, -0.1) is 13.2 Å². The molecule has 0 aromatic carbocycles. The van der Waals surface area contributed by atoms with Crippen LogP contribution in [0.5, 0.6) is 0 Å². The van der Waals surface area contributed by atoms with Crippen molar-refractivity contribution in [1.29, 1.82) is 0 Å². The molecule has 1 heteroatoms. The van der Waals surface area contributed by atoms with E-state index < -0.39 is 0 Å². The van der Waals surface area contributed by atoms with E-state index in [2.05, 4.69) is 30.6 Å². The predicted molar refractivity (Wildman–Crippen MR) is 49.2 cm³/mol. The molecule has 0 amide bonds. The first kappa shape index (κ1) is 12.1. The molecule has 0 radical (unpaired) electrons. The average molecular weight is 141 g/mol. The van der Waals surface area contributed by atoms with E-state index in [9.17, 15) is 0 Å². The minimum absolute atomic E-state index is 1.07. The maximum Gasteiger partial charge on any atom is 0.0135 e. The molecule has 0 aliphatic carbocycles. The molecule has 0 aromatic heterocycles. The molecule has 1 aliphatic heterocycles. The normalized spacial score (nSPS) is 13.8. The zero-order valence-electron chi connectivity index (χ0n) is 7.19. The molecular formula is C9H19N. The van der Waals surface area contributed by atoms with Crippen molar-refractivity contribution in [3.05, 3.63) is 25.3 Å². The molecule has 1 N–H and O–H groups in total. The summed E-state index contributed by atoms with van der Waals surface area (Å²) in [4.78, 5) is 0. The molecule has 60 valence electrons. The summed E-state index contributed by atoms with van der Waals surface area (Å²) in [6, 6.07) is 0. The zero-order valence-corrected chi connectivity index (χ0v) is 7.19. The second kappa shape index (κ2) is 15.8. The molecule has 0 unspecified atom stereocenters. The van der Waals surface area contributed by atoms with Crippen LogP contribution in [0.1, 0.15) is 20.3 Å². The minimum Gasteiger partial charge on any atom is -0.313 e. The van der Waals surface area contributed by atoms with Crippen molar-refractivity contribution < 1.29 is 0 Å². The largest absolute Gasteiger partial charge is 0.313 e. The van der Waals surface area contributed by atoms with Crippen molar-refractivity contribution >= 4 is 0 Å². The second-order valence-corrected chi connectivity index (χ2v) is 1.46. The Morgan fingerprint density at radius 1 is 1.20 bits per heavy atom. The summed E-state index contributed by atoms with van der Waals surface area (Å²) in [5.74, 6) is 0. The molecule has 0 spiro atoms. The van der Waals surface area contributed by atoms with Gasteiger partial charge in [-0.25, -0.2) is 0 Å². The molecule has 1 rings (SSSR count). The maximum absolute atomic E-state index is 3.20. The SMILES string of the molecule is C1=CCNCC1.C=C.CC. The van der Waals surface area contributed by atoms with Crippen molar-refractivity contribution in [2.45, 2.75) is 20.3 Å². The van der Waals surface area contributed by atoms with Crippen molar-refractivity contribution in [2.75, 3.05) is 13.1 Å². The molecule has 0 fully saturated rings. The van der Waals surface area contributed by atoms with Crippen LogP contribution in [0.4, 0.5) is 0 Å². The summed E-state index contributed by atoms with van der Waals surface area (Å²) in [7, 11) is 0. The zero-order chi connectivity index (χ0) is 8.24. The van der Waals surface area contributed by atoms with Gasteiger partial charge in [0.05, 0.1) is 0 Å². The van der Waals surface area contributed by atoms with Gasteiger partial charge in [0.15, 0.2) is 0 Å². The molecule has 0 atom stereocenters. The molecule has 0 saturated carbocycles. The van der Waals surface area contributed by atoms with E-state index in [0.29, 0.717) is 0 Å². The molecule has 0 saturated heterocycles. The molecular weight excluding hydrogens is 122 g/mol. The lowest BCUT2D eigenvalue weighted by Gasteiger charge is -2.01. The monoisotopic (exact) mass is 141 g/mol. The molecule has 1 nitrogen and oxygen atoms in total. The highest BCUT2D eigenvalue weighted by molar-refractivity contribution is 4.88. The Bertz CT molecular complexity index is 59.1. The average Bonchev–Trinajstić information content (AvgIpc) is 2.14. The Hall–Kier alpha value is -0.560. The third-order valence-corrected chi connectivity index (χ3v) is 0.917. The topological polar surface area (TPSA) is 12.0 Å². The van der Waals surface area contributed by atoms with Crippen LogP contribution in [0.3, 0.4) is 0 Å². The van der Waals surface area contributed by atoms with Crippen LogP contribution in [0.25, 0.3) is 0 Å². The van der Waals surface area contributed by atoms with Gasteiger partial charge in [-0.05, 0) is 13.0 Å². The summed E-state index contributed by atoms with van der Waals surface area (Å²) in [5.41, 5.74) is 0. The van der Waals surface area contributed by atoms with Crippen LogP contribution in [-0.4, -0.2) is 13.1 Å². The number of rotatable bonds is 0. The van der Waals surface area contributed by atoms with E-state index in [-0.39, 0.29) is 0 Å². The Morgan fingerprint density at radius 3 is 1.90 bits per heavy atom. The van der Waals surface area contributed by atoms with Crippen LogP contribution in [-0.2, 0) is 0 Å². The summed E-state index contributed by atoms with van der Waals surface area (Å²) in [5, 5.41) is 3.20. The van der Waals surface area contributed by atoms with Crippen molar-refractivity contribution in [2.24, 2.45) is 0 Å².